The molecule has 4 nitrogen and oxygen atoms in total. The fourth-order valence-corrected chi connectivity index (χ4v) is 3.05. The zero-order valence-electron chi connectivity index (χ0n) is 13.5. The van der Waals surface area contributed by atoms with Crippen LogP contribution < -0.4 is 5.73 Å². The van der Waals surface area contributed by atoms with E-state index in [1.54, 1.807) is 0 Å². The maximum Gasteiger partial charge on any atom is 0.243 e. The Morgan fingerprint density at radius 2 is 1.75 bits per heavy atom. The minimum atomic E-state index is -0.151. The molecule has 0 bridgehead atoms. The number of nitrogens with zero attached hydrogens (tertiary/aromatic N) is 2. The predicted molar refractivity (Wildman–Crippen MR) is 80.2 cm³/mol. The van der Waals surface area contributed by atoms with E-state index >= 15 is 0 Å². The van der Waals surface area contributed by atoms with E-state index in [2.05, 4.69) is 44.8 Å². The molecule has 0 saturated heterocycles. The van der Waals surface area contributed by atoms with Crippen LogP contribution in [0, 0.1) is 17.3 Å². The third-order valence-corrected chi connectivity index (χ3v) is 4.78. The molecule has 1 aliphatic carbocycles. The normalized spacial score (nSPS) is 25.9. The summed E-state index contributed by atoms with van der Waals surface area (Å²) >= 11 is 0. The third-order valence-electron chi connectivity index (χ3n) is 4.78. The molecule has 1 atom stereocenters. The summed E-state index contributed by atoms with van der Waals surface area (Å²) in [5, 5.41) is 4.16. The van der Waals surface area contributed by atoms with Gasteiger partial charge in [0.2, 0.25) is 5.89 Å². The minimum Gasteiger partial charge on any atom is -0.338 e. The molecule has 1 aromatic rings. The van der Waals surface area contributed by atoms with Gasteiger partial charge in [0.1, 0.15) is 0 Å². The molecule has 114 valence electrons. The van der Waals surface area contributed by atoms with E-state index in [4.69, 9.17) is 10.3 Å². The van der Waals surface area contributed by atoms with Crippen LogP contribution in [0.15, 0.2) is 4.52 Å². The zero-order valence-corrected chi connectivity index (χ0v) is 13.5. The SMILES string of the molecule is CC(C)[C@@H](N)c1nc(C2CCC(C(C)(C)C)CC2)no1. The van der Waals surface area contributed by atoms with Crippen LogP contribution in [0.1, 0.15) is 84.0 Å². The average Bonchev–Trinajstić information content (AvgIpc) is 2.86. The van der Waals surface area contributed by atoms with E-state index in [1.807, 2.05) is 0 Å². The van der Waals surface area contributed by atoms with Crippen molar-refractivity contribution in [2.24, 2.45) is 23.0 Å². The van der Waals surface area contributed by atoms with Gasteiger partial charge in [-0.05, 0) is 42.9 Å². The average molecular weight is 279 g/mol. The van der Waals surface area contributed by atoms with Gasteiger partial charge in [-0.2, -0.15) is 4.98 Å². The minimum absolute atomic E-state index is 0.151. The van der Waals surface area contributed by atoms with Gasteiger partial charge in [0, 0.05) is 5.92 Å². The first-order chi connectivity index (χ1) is 9.29. The lowest BCUT2D eigenvalue weighted by Crippen LogP contribution is -2.25. The molecule has 0 unspecified atom stereocenters. The first kappa shape index (κ1) is 15.5. The second-order valence-corrected chi connectivity index (χ2v) is 7.68. The van der Waals surface area contributed by atoms with E-state index in [1.165, 1.54) is 12.8 Å². The summed E-state index contributed by atoms with van der Waals surface area (Å²) < 4.78 is 5.35. The summed E-state index contributed by atoms with van der Waals surface area (Å²) in [7, 11) is 0. The van der Waals surface area contributed by atoms with Crippen molar-refractivity contribution >= 4 is 0 Å². The monoisotopic (exact) mass is 279 g/mol. The topological polar surface area (TPSA) is 64.9 Å². The van der Waals surface area contributed by atoms with Crippen molar-refractivity contribution in [3.63, 3.8) is 0 Å². The molecule has 1 saturated carbocycles. The smallest absolute Gasteiger partial charge is 0.243 e. The number of hydrogen-bond acceptors (Lipinski definition) is 4. The maximum absolute atomic E-state index is 6.06. The molecule has 0 spiro atoms. The zero-order chi connectivity index (χ0) is 14.9. The lowest BCUT2D eigenvalue weighted by Gasteiger charge is -2.36. The Balaban J connectivity index is 1.98. The molecule has 1 aliphatic rings. The molecule has 2 N–H and O–H groups in total. The Kier molecular flexibility index (Phi) is 4.52. The van der Waals surface area contributed by atoms with Gasteiger partial charge in [0.25, 0.3) is 0 Å². The third kappa shape index (κ3) is 3.40. The molecule has 1 fully saturated rings. The molecule has 4 heteroatoms. The maximum atomic E-state index is 6.06. The van der Waals surface area contributed by atoms with Gasteiger partial charge in [0.15, 0.2) is 5.82 Å². The van der Waals surface area contributed by atoms with E-state index in [9.17, 15) is 0 Å². The van der Waals surface area contributed by atoms with E-state index in [-0.39, 0.29) is 6.04 Å². The highest BCUT2D eigenvalue weighted by molar-refractivity contribution is 5.01. The molecule has 0 aliphatic heterocycles. The molecular formula is C16H29N3O. The fraction of sp³-hybridized carbons (Fsp3) is 0.875. The van der Waals surface area contributed by atoms with Crippen LogP contribution in [0.2, 0.25) is 0 Å². The van der Waals surface area contributed by atoms with Crippen LogP contribution in [-0.4, -0.2) is 10.1 Å². The second-order valence-electron chi connectivity index (χ2n) is 7.68. The highest BCUT2D eigenvalue weighted by Gasteiger charge is 2.32. The van der Waals surface area contributed by atoms with Crippen LogP contribution in [-0.2, 0) is 0 Å². The van der Waals surface area contributed by atoms with Crippen LogP contribution in [0.5, 0.6) is 0 Å². The van der Waals surface area contributed by atoms with E-state index in [0.717, 1.165) is 24.6 Å². The van der Waals surface area contributed by atoms with E-state index in [0.29, 0.717) is 23.1 Å². The first-order valence-corrected chi connectivity index (χ1v) is 7.88. The quantitative estimate of drug-likeness (QED) is 0.906. The molecule has 1 aromatic heterocycles. The number of hydrogen-bond donors (Lipinski definition) is 1. The van der Waals surface area contributed by atoms with E-state index < -0.39 is 0 Å². The standard InChI is InChI=1S/C16H29N3O/c1-10(2)13(17)15-18-14(19-20-15)11-6-8-12(9-7-11)16(3,4)5/h10-13H,6-9,17H2,1-5H3/t11?,12?,13-/m1/s1. The lowest BCUT2D eigenvalue weighted by atomic mass is 9.70. The molecule has 1 heterocycles. The summed E-state index contributed by atoms with van der Waals surface area (Å²) in [6.45, 7) is 11.2. The summed E-state index contributed by atoms with van der Waals surface area (Å²) in [4.78, 5) is 4.54. The van der Waals surface area contributed by atoms with Gasteiger partial charge >= 0.3 is 0 Å². The Hall–Kier alpha value is -0.900. The number of rotatable bonds is 3. The van der Waals surface area contributed by atoms with Gasteiger partial charge in [-0.25, -0.2) is 0 Å². The first-order valence-electron chi connectivity index (χ1n) is 7.88. The fourth-order valence-electron chi connectivity index (χ4n) is 3.05. The molecule has 0 radical (unpaired) electrons. The van der Waals surface area contributed by atoms with Gasteiger partial charge in [-0.1, -0.05) is 39.8 Å². The van der Waals surface area contributed by atoms with Crippen molar-refractivity contribution in [3.05, 3.63) is 11.7 Å². The van der Waals surface area contributed by atoms with Crippen LogP contribution in [0.3, 0.4) is 0 Å². The Labute approximate surface area is 122 Å². The van der Waals surface area contributed by atoms with Gasteiger partial charge in [0.05, 0.1) is 6.04 Å². The van der Waals surface area contributed by atoms with Gasteiger partial charge in [-0.15, -0.1) is 0 Å². The summed E-state index contributed by atoms with van der Waals surface area (Å²) in [5.74, 6) is 3.03. The number of nitrogens with two attached hydrogens (primary N) is 1. The van der Waals surface area contributed by atoms with Crippen LogP contribution >= 0.6 is 0 Å². The predicted octanol–water partition coefficient (Wildman–Crippen LogP) is 4.05. The summed E-state index contributed by atoms with van der Waals surface area (Å²) in [6.07, 6.45) is 4.85. The Morgan fingerprint density at radius 3 is 2.25 bits per heavy atom. The van der Waals surface area contributed by atoms with Gasteiger partial charge in [-0.3, -0.25) is 0 Å². The van der Waals surface area contributed by atoms with Crippen molar-refractivity contribution in [1.82, 2.24) is 10.1 Å². The van der Waals surface area contributed by atoms with Gasteiger partial charge < -0.3 is 10.3 Å². The summed E-state index contributed by atoms with van der Waals surface area (Å²) in [5.41, 5.74) is 6.47. The van der Waals surface area contributed by atoms with Crippen LogP contribution in [0.25, 0.3) is 0 Å². The van der Waals surface area contributed by atoms with Crippen molar-refractivity contribution < 1.29 is 4.52 Å². The highest BCUT2D eigenvalue weighted by Crippen LogP contribution is 2.42. The Morgan fingerprint density at radius 1 is 1.15 bits per heavy atom. The summed E-state index contributed by atoms with van der Waals surface area (Å²) in [6, 6.07) is -0.151. The van der Waals surface area contributed by atoms with Crippen molar-refractivity contribution in [2.75, 3.05) is 0 Å². The van der Waals surface area contributed by atoms with Crippen molar-refractivity contribution in [1.29, 1.82) is 0 Å². The van der Waals surface area contributed by atoms with Crippen molar-refractivity contribution in [3.8, 4) is 0 Å². The lowest BCUT2D eigenvalue weighted by molar-refractivity contribution is 0.166. The second kappa shape index (κ2) is 5.84. The largest absolute Gasteiger partial charge is 0.338 e. The molecule has 2 rings (SSSR count). The molecule has 0 aromatic carbocycles. The molecule has 0 amide bonds. The number of aromatic nitrogens is 2. The molecular weight excluding hydrogens is 250 g/mol. The van der Waals surface area contributed by atoms with Crippen molar-refractivity contribution in [2.45, 2.75) is 72.3 Å². The highest BCUT2D eigenvalue weighted by atomic mass is 16.5. The molecule has 20 heavy (non-hydrogen) atoms. The Bertz CT molecular complexity index is 425. The van der Waals surface area contributed by atoms with Crippen LogP contribution in [0.4, 0.5) is 0 Å².